The zero-order valence-electron chi connectivity index (χ0n) is 16.0. The lowest BCUT2D eigenvalue weighted by molar-refractivity contribution is -0.136. The summed E-state index contributed by atoms with van der Waals surface area (Å²) in [6.07, 6.45) is 0.489. The van der Waals surface area contributed by atoms with Crippen molar-refractivity contribution in [3.05, 3.63) is 71.8 Å². The summed E-state index contributed by atoms with van der Waals surface area (Å²) < 4.78 is 19.0. The predicted octanol–water partition coefficient (Wildman–Crippen LogP) is 3.34. The Morgan fingerprint density at radius 2 is 1.93 bits per heavy atom. The van der Waals surface area contributed by atoms with Crippen LogP contribution in [-0.4, -0.2) is 28.1 Å². The van der Waals surface area contributed by atoms with E-state index in [4.69, 9.17) is 4.74 Å². The van der Waals surface area contributed by atoms with Crippen LogP contribution in [0.15, 0.2) is 54.6 Å². The van der Waals surface area contributed by atoms with Crippen molar-refractivity contribution in [2.24, 2.45) is 0 Å². The summed E-state index contributed by atoms with van der Waals surface area (Å²) in [7, 11) is 0. The number of H-pyrrole nitrogens is 1. The highest BCUT2D eigenvalue weighted by Crippen LogP contribution is 2.29. The van der Waals surface area contributed by atoms with E-state index >= 15 is 0 Å². The van der Waals surface area contributed by atoms with Gasteiger partial charge in [0.25, 0.3) is 0 Å². The van der Waals surface area contributed by atoms with Gasteiger partial charge < -0.3 is 15.4 Å². The number of anilines is 1. The summed E-state index contributed by atoms with van der Waals surface area (Å²) in [4.78, 5) is 24.5. The van der Waals surface area contributed by atoms with E-state index in [1.807, 2.05) is 13.0 Å². The highest BCUT2D eigenvalue weighted by molar-refractivity contribution is 6.39. The van der Waals surface area contributed by atoms with Gasteiger partial charge in [-0.2, -0.15) is 5.10 Å². The summed E-state index contributed by atoms with van der Waals surface area (Å²) in [5.74, 6) is -1.47. The first-order valence-corrected chi connectivity index (χ1v) is 9.06. The van der Waals surface area contributed by atoms with Crippen molar-refractivity contribution in [3.8, 4) is 11.5 Å². The van der Waals surface area contributed by atoms with E-state index in [9.17, 15) is 14.0 Å². The number of carbonyl (C=O) groups is 2. The Labute approximate surface area is 167 Å². The smallest absolute Gasteiger partial charge is 0.313 e. The quantitative estimate of drug-likeness (QED) is 0.557. The number of hydrogen-bond donors (Lipinski definition) is 3. The fourth-order valence-corrected chi connectivity index (χ4v) is 2.73. The third kappa shape index (κ3) is 5.65. The normalized spacial score (nSPS) is 11.6. The number of aromatic amines is 1. The van der Waals surface area contributed by atoms with Gasteiger partial charge in [0.2, 0.25) is 0 Å². The van der Waals surface area contributed by atoms with Crippen molar-refractivity contribution in [1.29, 1.82) is 0 Å². The van der Waals surface area contributed by atoms with Crippen LogP contribution < -0.4 is 15.4 Å². The van der Waals surface area contributed by atoms with Gasteiger partial charge in [0.05, 0.1) is 11.4 Å². The van der Waals surface area contributed by atoms with Gasteiger partial charge in [-0.15, -0.1) is 0 Å². The maximum absolute atomic E-state index is 13.4. The van der Waals surface area contributed by atoms with Gasteiger partial charge in [-0.05, 0) is 44.2 Å². The van der Waals surface area contributed by atoms with Gasteiger partial charge in [-0.25, -0.2) is 4.39 Å². The molecule has 3 aromatic rings. The molecule has 0 bridgehead atoms. The molecule has 0 spiro atoms. The number of nitrogens with one attached hydrogen (secondary N) is 3. The van der Waals surface area contributed by atoms with Crippen LogP contribution in [0.25, 0.3) is 0 Å². The molecule has 1 atom stereocenters. The molecule has 2 amide bonds. The number of nitrogens with zero attached hydrogens (tertiary/aromatic N) is 1. The lowest BCUT2D eigenvalue weighted by Crippen LogP contribution is -2.41. The monoisotopic (exact) mass is 396 g/mol. The molecule has 0 radical (unpaired) electrons. The topological polar surface area (TPSA) is 96.1 Å². The molecule has 150 valence electrons. The van der Waals surface area contributed by atoms with Crippen molar-refractivity contribution in [2.75, 3.05) is 5.32 Å². The van der Waals surface area contributed by atoms with E-state index < -0.39 is 17.6 Å². The van der Waals surface area contributed by atoms with Crippen molar-refractivity contribution in [2.45, 2.75) is 26.3 Å². The lowest BCUT2D eigenvalue weighted by atomic mass is 10.2. The molecular weight excluding hydrogens is 375 g/mol. The Morgan fingerprint density at radius 1 is 1.14 bits per heavy atom. The van der Waals surface area contributed by atoms with Crippen LogP contribution in [0.2, 0.25) is 0 Å². The minimum atomic E-state index is -0.828. The molecule has 1 aromatic heterocycles. The average Bonchev–Trinajstić information content (AvgIpc) is 3.07. The summed E-state index contributed by atoms with van der Waals surface area (Å²) >= 11 is 0. The maximum atomic E-state index is 13.4. The van der Waals surface area contributed by atoms with Crippen molar-refractivity contribution in [3.63, 3.8) is 0 Å². The zero-order chi connectivity index (χ0) is 20.8. The van der Waals surface area contributed by atoms with Crippen LogP contribution in [0, 0.1) is 12.7 Å². The van der Waals surface area contributed by atoms with E-state index in [2.05, 4.69) is 20.8 Å². The first-order chi connectivity index (χ1) is 13.9. The molecule has 0 saturated heterocycles. The van der Waals surface area contributed by atoms with Gasteiger partial charge in [0.1, 0.15) is 11.6 Å². The number of halogens is 1. The van der Waals surface area contributed by atoms with Crippen LogP contribution >= 0.6 is 0 Å². The Balaban J connectivity index is 1.61. The van der Waals surface area contributed by atoms with Gasteiger partial charge in [-0.1, -0.05) is 18.2 Å². The molecule has 3 N–H and O–H groups in total. The predicted molar refractivity (Wildman–Crippen MR) is 106 cm³/mol. The van der Waals surface area contributed by atoms with Crippen LogP contribution in [0.3, 0.4) is 0 Å². The molecule has 0 saturated carbocycles. The third-order valence-electron chi connectivity index (χ3n) is 4.02. The second kappa shape index (κ2) is 9.01. The minimum Gasteiger partial charge on any atom is -0.455 e. The lowest BCUT2D eigenvalue weighted by Gasteiger charge is -2.14. The second-order valence-electron chi connectivity index (χ2n) is 6.63. The molecule has 7 nitrogen and oxygen atoms in total. The zero-order valence-corrected chi connectivity index (χ0v) is 16.0. The highest BCUT2D eigenvalue weighted by atomic mass is 19.1. The molecular formula is C21H21FN4O3. The number of para-hydroxylation sites is 2. The number of benzene rings is 2. The summed E-state index contributed by atoms with van der Waals surface area (Å²) in [5, 5.41) is 12.1. The molecule has 2 aromatic carbocycles. The molecule has 0 aliphatic rings. The van der Waals surface area contributed by atoms with Crippen LogP contribution in [0.1, 0.15) is 18.3 Å². The van der Waals surface area contributed by atoms with Crippen molar-refractivity contribution < 1.29 is 18.7 Å². The highest BCUT2D eigenvalue weighted by Gasteiger charge is 2.19. The van der Waals surface area contributed by atoms with Crippen LogP contribution in [-0.2, 0) is 16.0 Å². The van der Waals surface area contributed by atoms with E-state index in [1.165, 1.54) is 18.2 Å². The second-order valence-corrected chi connectivity index (χ2v) is 6.63. The van der Waals surface area contributed by atoms with E-state index in [-0.39, 0.29) is 11.8 Å². The number of aromatic nitrogens is 2. The molecule has 0 fully saturated rings. The number of amides is 2. The number of carbonyl (C=O) groups excluding carboxylic acids is 2. The Bertz CT molecular complexity index is 1020. The number of rotatable bonds is 6. The van der Waals surface area contributed by atoms with Crippen molar-refractivity contribution >= 4 is 17.5 Å². The third-order valence-corrected chi connectivity index (χ3v) is 4.02. The first kappa shape index (κ1) is 20.1. The fraction of sp³-hybridized carbons (Fsp3) is 0.190. The van der Waals surface area contributed by atoms with E-state index in [0.717, 1.165) is 11.4 Å². The van der Waals surface area contributed by atoms with Gasteiger partial charge in [0, 0.05) is 24.2 Å². The molecule has 1 heterocycles. The van der Waals surface area contributed by atoms with E-state index in [1.54, 1.807) is 37.3 Å². The molecule has 0 aliphatic heterocycles. The molecule has 8 heteroatoms. The summed E-state index contributed by atoms with van der Waals surface area (Å²) in [6, 6.07) is 13.8. The van der Waals surface area contributed by atoms with Crippen LogP contribution in [0.5, 0.6) is 11.5 Å². The number of hydrogen-bond acceptors (Lipinski definition) is 4. The maximum Gasteiger partial charge on any atom is 0.313 e. The number of aryl methyl sites for hydroxylation is 1. The SMILES string of the molecule is Cc1cc(CC(C)NC(=O)C(=O)Nc2ccccc2Oc2cccc(F)c2)n[nH]1. The summed E-state index contributed by atoms with van der Waals surface area (Å²) in [5.41, 5.74) is 2.02. The Kier molecular flexibility index (Phi) is 6.23. The molecule has 29 heavy (non-hydrogen) atoms. The van der Waals surface area contributed by atoms with Crippen molar-refractivity contribution in [1.82, 2.24) is 15.5 Å². The molecule has 1 unspecified atom stereocenters. The fourth-order valence-electron chi connectivity index (χ4n) is 2.73. The number of ether oxygens (including phenoxy) is 1. The van der Waals surface area contributed by atoms with E-state index in [0.29, 0.717) is 17.9 Å². The minimum absolute atomic E-state index is 0.277. The summed E-state index contributed by atoms with van der Waals surface area (Å²) in [6.45, 7) is 3.67. The average molecular weight is 396 g/mol. The standard InChI is InChI=1S/C21H21FN4O3/c1-13(10-16-11-14(2)25-26-16)23-20(27)21(28)24-18-8-3-4-9-19(18)29-17-7-5-6-15(22)12-17/h3-9,11-13H,10H2,1-2H3,(H,23,27)(H,24,28)(H,25,26). The Hall–Kier alpha value is -3.68. The van der Waals surface area contributed by atoms with Crippen LogP contribution in [0.4, 0.5) is 10.1 Å². The molecule has 0 aliphatic carbocycles. The largest absolute Gasteiger partial charge is 0.455 e. The first-order valence-electron chi connectivity index (χ1n) is 9.06. The van der Waals surface area contributed by atoms with Gasteiger partial charge in [-0.3, -0.25) is 14.7 Å². The Morgan fingerprint density at radius 3 is 2.66 bits per heavy atom. The van der Waals surface area contributed by atoms with Gasteiger partial charge >= 0.3 is 11.8 Å². The van der Waals surface area contributed by atoms with Gasteiger partial charge in [0.15, 0.2) is 5.75 Å². The molecule has 3 rings (SSSR count).